The minimum absolute atomic E-state index is 0.622. The maximum atomic E-state index is 8.42. The summed E-state index contributed by atoms with van der Waals surface area (Å²) in [6, 6.07) is 6.40. The van der Waals surface area contributed by atoms with Crippen molar-refractivity contribution in [3.63, 3.8) is 0 Å². The Morgan fingerprint density at radius 2 is 1.93 bits per heavy atom. The molecule has 2 nitrogen and oxygen atoms in total. The predicted molar refractivity (Wildman–Crippen MR) is 64.0 cm³/mol. The summed E-state index contributed by atoms with van der Waals surface area (Å²) in [5.74, 6) is 0. The first-order valence-corrected chi connectivity index (χ1v) is 5.34. The van der Waals surface area contributed by atoms with Gasteiger partial charge in [-0.3, -0.25) is 0 Å². The highest BCUT2D eigenvalue weighted by Crippen LogP contribution is 2.21. The lowest BCUT2D eigenvalue weighted by atomic mass is 10.0. The lowest BCUT2D eigenvalue weighted by Crippen LogP contribution is -2.03. The second-order valence-corrected chi connectivity index (χ2v) is 3.87. The molecule has 0 spiro atoms. The number of hydrogen-bond acceptors (Lipinski definition) is 2. The molecule has 0 fully saturated rings. The molecule has 1 aromatic rings. The standard InChI is InChI=1S/C13H18N2/c1-10-6-7-13(12(3)11(10)2)15-9-5-4-8-14/h6-7,15H,4-5,9H2,1-3H3. The molecular weight excluding hydrogens is 184 g/mol. The van der Waals surface area contributed by atoms with Crippen molar-refractivity contribution in [2.24, 2.45) is 0 Å². The van der Waals surface area contributed by atoms with Crippen molar-refractivity contribution in [2.75, 3.05) is 11.9 Å². The molecule has 0 saturated heterocycles. The van der Waals surface area contributed by atoms with E-state index in [2.05, 4.69) is 44.3 Å². The van der Waals surface area contributed by atoms with Crippen LogP contribution < -0.4 is 5.32 Å². The summed E-state index contributed by atoms with van der Waals surface area (Å²) in [5.41, 5.74) is 5.18. The normalized spacial score (nSPS) is 9.73. The van der Waals surface area contributed by atoms with Crippen molar-refractivity contribution in [3.05, 3.63) is 28.8 Å². The van der Waals surface area contributed by atoms with Crippen LogP contribution in [0.5, 0.6) is 0 Å². The average molecular weight is 202 g/mol. The van der Waals surface area contributed by atoms with Gasteiger partial charge in [0, 0.05) is 18.7 Å². The molecule has 0 aliphatic carbocycles. The number of rotatable bonds is 4. The Morgan fingerprint density at radius 1 is 1.20 bits per heavy atom. The number of nitrogens with zero attached hydrogens (tertiary/aromatic N) is 1. The van der Waals surface area contributed by atoms with Gasteiger partial charge in [0.25, 0.3) is 0 Å². The molecule has 1 rings (SSSR count). The zero-order chi connectivity index (χ0) is 11.3. The number of nitriles is 1. The molecule has 2 heteroatoms. The highest BCUT2D eigenvalue weighted by molar-refractivity contribution is 5.55. The van der Waals surface area contributed by atoms with E-state index in [9.17, 15) is 0 Å². The minimum Gasteiger partial charge on any atom is -0.385 e. The summed E-state index contributed by atoms with van der Waals surface area (Å²) in [6.45, 7) is 7.28. The molecular formula is C13H18N2. The first-order chi connectivity index (χ1) is 7.16. The molecule has 0 aromatic heterocycles. The Balaban J connectivity index is 2.63. The van der Waals surface area contributed by atoms with Gasteiger partial charge in [-0.25, -0.2) is 0 Å². The number of anilines is 1. The van der Waals surface area contributed by atoms with Gasteiger partial charge >= 0.3 is 0 Å². The smallest absolute Gasteiger partial charge is 0.0622 e. The van der Waals surface area contributed by atoms with E-state index in [4.69, 9.17) is 5.26 Å². The quantitative estimate of drug-likeness (QED) is 0.760. The fraction of sp³-hybridized carbons (Fsp3) is 0.462. The van der Waals surface area contributed by atoms with E-state index in [1.165, 1.54) is 22.4 Å². The van der Waals surface area contributed by atoms with Crippen LogP contribution in [0.3, 0.4) is 0 Å². The van der Waals surface area contributed by atoms with Gasteiger partial charge in [-0.05, 0) is 49.9 Å². The van der Waals surface area contributed by atoms with E-state index in [-0.39, 0.29) is 0 Å². The maximum Gasteiger partial charge on any atom is 0.0622 e. The second kappa shape index (κ2) is 5.41. The summed E-state index contributed by atoms with van der Waals surface area (Å²) >= 11 is 0. The van der Waals surface area contributed by atoms with Crippen molar-refractivity contribution < 1.29 is 0 Å². The van der Waals surface area contributed by atoms with Gasteiger partial charge in [-0.2, -0.15) is 5.26 Å². The SMILES string of the molecule is Cc1ccc(NCCCC#N)c(C)c1C. The van der Waals surface area contributed by atoms with Crippen LogP contribution in [0.2, 0.25) is 0 Å². The van der Waals surface area contributed by atoms with Gasteiger partial charge in [0.2, 0.25) is 0 Å². The lowest BCUT2D eigenvalue weighted by molar-refractivity contribution is 0.896. The van der Waals surface area contributed by atoms with Crippen molar-refractivity contribution >= 4 is 5.69 Å². The third kappa shape index (κ3) is 2.99. The van der Waals surface area contributed by atoms with Crippen molar-refractivity contribution in [1.29, 1.82) is 5.26 Å². The summed E-state index contributed by atoms with van der Waals surface area (Å²) in [5, 5.41) is 11.8. The Labute approximate surface area is 91.9 Å². The third-order valence-electron chi connectivity index (χ3n) is 2.84. The second-order valence-electron chi connectivity index (χ2n) is 3.87. The molecule has 15 heavy (non-hydrogen) atoms. The number of unbranched alkanes of at least 4 members (excludes halogenated alkanes) is 1. The molecule has 80 valence electrons. The van der Waals surface area contributed by atoms with Crippen molar-refractivity contribution in [3.8, 4) is 6.07 Å². The Morgan fingerprint density at radius 3 is 2.60 bits per heavy atom. The monoisotopic (exact) mass is 202 g/mol. The fourth-order valence-corrected chi connectivity index (χ4v) is 1.54. The number of hydrogen-bond donors (Lipinski definition) is 1. The van der Waals surface area contributed by atoms with E-state index in [1.54, 1.807) is 0 Å². The molecule has 0 heterocycles. The largest absolute Gasteiger partial charge is 0.385 e. The van der Waals surface area contributed by atoms with E-state index in [0.717, 1.165) is 13.0 Å². The van der Waals surface area contributed by atoms with Crippen LogP contribution in [0.1, 0.15) is 29.5 Å². The topological polar surface area (TPSA) is 35.8 Å². The van der Waals surface area contributed by atoms with Crippen LogP contribution in [0.15, 0.2) is 12.1 Å². The van der Waals surface area contributed by atoms with Gasteiger partial charge in [-0.1, -0.05) is 6.07 Å². The van der Waals surface area contributed by atoms with Crippen LogP contribution in [-0.2, 0) is 0 Å². The van der Waals surface area contributed by atoms with Crippen LogP contribution >= 0.6 is 0 Å². The van der Waals surface area contributed by atoms with Crippen molar-refractivity contribution in [1.82, 2.24) is 0 Å². The molecule has 0 radical (unpaired) electrons. The van der Waals surface area contributed by atoms with Crippen LogP contribution in [-0.4, -0.2) is 6.54 Å². The minimum atomic E-state index is 0.622. The average Bonchev–Trinajstić information content (AvgIpc) is 2.24. The van der Waals surface area contributed by atoms with Crippen molar-refractivity contribution in [2.45, 2.75) is 33.6 Å². The molecule has 0 aliphatic rings. The molecule has 0 unspecified atom stereocenters. The Hall–Kier alpha value is -1.49. The van der Waals surface area contributed by atoms with Gasteiger partial charge in [0.05, 0.1) is 6.07 Å². The number of nitrogens with one attached hydrogen (secondary N) is 1. The van der Waals surface area contributed by atoms with E-state index in [1.807, 2.05) is 0 Å². The predicted octanol–water partition coefficient (Wildman–Crippen LogP) is 3.33. The molecule has 0 amide bonds. The highest BCUT2D eigenvalue weighted by atomic mass is 14.9. The van der Waals surface area contributed by atoms with Crippen LogP contribution in [0.25, 0.3) is 0 Å². The van der Waals surface area contributed by atoms with E-state index >= 15 is 0 Å². The summed E-state index contributed by atoms with van der Waals surface area (Å²) in [7, 11) is 0. The molecule has 1 N–H and O–H groups in total. The van der Waals surface area contributed by atoms with E-state index < -0.39 is 0 Å². The zero-order valence-electron chi connectivity index (χ0n) is 9.72. The number of aryl methyl sites for hydroxylation is 1. The Kier molecular flexibility index (Phi) is 4.17. The third-order valence-corrected chi connectivity index (χ3v) is 2.84. The maximum absolute atomic E-state index is 8.42. The molecule has 0 aliphatic heterocycles. The fourth-order valence-electron chi connectivity index (χ4n) is 1.54. The van der Waals surface area contributed by atoms with Crippen LogP contribution in [0, 0.1) is 32.1 Å². The first kappa shape index (κ1) is 11.6. The molecule has 0 atom stereocenters. The highest BCUT2D eigenvalue weighted by Gasteiger charge is 2.02. The number of benzene rings is 1. The summed E-state index contributed by atoms with van der Waals surface area (Å²) < 4.78 is 0. The zero-order valence-corrected chi connectivity index (χ0v) is 9.72. The first-order valence-electron chi connectivity index (χ1n) is 5.34. The van der Waals surface area contributed by atoms with Gasteiger partial charge in [0.15, 0.2) is 0 Å². The van der Waals surface area contributed by atoms with Gasteiger partial charge in [0.1, 0.15) is 0 Å². The molecule has 0 bridgehead atoms. The Bertz CT molecular complexity index is 375. The molecule has 1 aromatic carbocycles. The van der Waals surface area contributed by atoms with Gasteiger partial charge < -0.3 is 5.32 Å². The summed E-state index contributed by atoms with van der Waals surface area (Å²) in [4.78, 5) is 0. The summed E-state index contributed by atoms with van der Waals surface area (Å²) in [6.07, 6.45) is 1.53. The lowest BCUT2D eigenvalue weighted by Gasteiger charge is -2.12. The van der Waals surface area contributed by atoms with Crippen LogP contribution in [0.4, 0.5) is 5.69 Å². The molecule has 0 saturated carbocycles. The van der Waals surface area contributed by atoms with Gasteiger partial charge in [-0.15, -0.1) is 0 Å². The van der Waals surface area contributed by atoms with E-state index in [0.29, 0.717) is 6.42 Å².